The number of benzene rings is 2. The number of rotatable bonds is 16. The maximum atomic E-state index is 13.5. The van der Waals surface area contributed by atoms with Crippen LogP contribution in [0.1, 0.15) is 30.4 Å². The SMILES string of the molecule is NC(=O)CC(N)C(=O)NC(CCC(=O)O)C(=O)NC(Cc1ccc(O)cc1)C(=O)NC(Cc1c[nH]c2ccccc12)C(=O)O. The van der Waals surface area contributed by atoms with Crippen LogP contribution in [-0.4, -0.2) is 80.0 Å². The molecule has 15 heteroatoms. The molecule has 2 aromatic carbocycles. The van der Waals surface area contributed by atoms with Gasteiger partial charge in [0.15, 0.2) is 0 Å². The number of nitrogens with one attached hydrogen (secondary N) is 4. The number of aromatic nitrogens is 1. The number of nitrogens with two attached hydrogens (primary N) is 2. The molecule has 11 N–H and O–H groups in total. The van der Waals surface area contributed by atoms with Gasteiger partial charge >= 0.3 is 11.9 Å². The van der Waals surface area contributed by atoms with E-state index in [1.165, 1.54) is 24.3 Å². The third-order valence-corrected chi connectivity index (χ3v) is 6.76. The van der Waals surface area contributed by atoms with Crippen LogP contribution >= 0.6 is 0 Å². The fourth-order valence-electron chi connectivity index (χ4n) is 4.47. The first kappa shape index (κ1) is 33.1. The number of primary amides is 1. The lowest BCUT2D eigenvalue weighted by Gasteiger charge is -2.25. The van der Waals surface area contributed by atoms with Crippen molar-refractivity contribution in [2.45, 2.75) is 56.3 Å². The summed E-state index contributed by atoms with van der Waals surface area (Å²) in [6.07, 6.45) is -0.0524. The smallest absolute Gasteiger partial charge is 0.326 e. The van der Waals surface area contributed by atoms with Gasteiger partial charge in [-0.1, -0.05) is 30.3 Å². The third kappa shape index (κ3) is 9.55. The quantitative estimate of drug-likeness (QED) is 0.0980. The number of hydrogen-bond donors (Lipinski definition) is 9. The van der Waals surface area contributed by atoms with Gasteiger partial charge in [0.2, 0.25) is 23.6 Å². The summed E-state index contributed by atoms with van der Waals surface area (Å²) in [5, 5.41) is 36.7. The van der Waals surface area contributed by atoms with Crippen molar-refractivity contribution in [2.75, 3.05) is 0 Å². The molecule has 3 rings (SSSR count). The van der Waals surface area contributed by atoms with E-state index >= 15 is 0 Å². The minimum absolute atomic E-state index is 0.0489. The number of aliphatic carboxylic acids is 2. The molecular formula is C29H34N6O9. The normalized spacial score (nSPS) is 13.7. The van der Waals surface area contributed by atoms with Gasteiger partial charge in [0.25, 0.3) is 0 Å². The second-order valence-corrected chi connectivity index (χ2v) is 10.2. The van der Waals surface area contributed by atoms with E-state index in [-0.39, 0.29) is 25.0 Å². The number of aromatic hydroxyl groups is 1. The molecule has 0 fully saturated rings. The first-order chi connectivity index (χ1) is 20.8. The van der Waals surface area contributed by atoms with Crippen LogP contribution in [-0.2, 0) is 41.6 Å². The number of phenolic OH excluding ortho intramolecular Hbond substituents is 1. The summed E-state index contributed by atoms with van der Waals surface area (Å²) < 4.78 is 0. The summed E-state index contributed by atoms with van der Waals surface area (Å²) in [5.74, 6) is -6.27. The number of amides is 4. The maximum Gasteiger partial charge on any atom is 0.326 e. The minimum atomic E-state index is -1.48. The number of carboxylic acids is 2. The molecule has 0 aliphatic rings. The molecule has 0 aliphatic carbocycles. The molecule has 4 amide bonds. The molecule has 4 unspecified atom stereocenters. The average Bonchev–Trinajstić information content (AvgIpc) is 3.37. The Kier molecular flexibility index (Phi) is 11.4. The van der Waals surface area contributed by atoms with Gasteiger partial charge in [-0.3, -0.25) is 24.0 Å². The predicted molar refractivity (Wildman–Crippen MR) is 156 cm³/mol. The van der Waals surface area contributed by atoms with Gasteiger partial charge < -0.3 is 47.7 Å². The maximum absolute atomic E-state index is 13.5. The van der Waals surface area contributed by atoms with Crippen molar-refractivity contribution in [1.82, 2.24) is 20.9 Å². The number of hydrogen-bond acceptors (Lipinski definition) is 8. The van der Waals surface area contributed by atoms with E-state index in [0.717, 1.165) is 10.9 Å². The molecule has 0 saturated carbocycles. The molecule has 4 atom stereocenters. The van der Waals surface area contributed by atoms with Crippen LogP contribution in [0.25, 0.3) is 10.9 Å². The highest BCUT2D eigenvalue weighted by Crippen LogP contribution is 2.19. The van der Waals surface area contributed by atoms with Crippen molar-refractivity contribution >= 4 is 46.5 Å². The van der Waals surface area contributed by atoms with Crippen molar-refractivity contribution in [3.63, 3.8) is 0 Å². The highest BCUT2D eigenvalue weighted by Gasteiger charge is 2.31. The van der Waals surface area contributed by atoms with Crippen LogP contribution in [0.15, 0.2) is 54.7 Å². The summed E-state index contributed by atoms with van der Waals surface area (Å²) in [7, 11) is 0. The van der Waals surface area contributed by atoms with Crippen LogP contribution in [0.3, 0.4) is 0 Å². The summed E-state index contributed by atoms with van der Waals surface area (Å²) >= 11 is 0. The zero-order valence-corrected chi connectivity index (χ0v) is 23.5. The van der Waals surface area contributed by atoms with Crippen molar-refractivity contribution < 1.29 is 44.1 Å². The Hall–Kier alpha value is -5.44. The number of carboxylic acid groups (broad SMARTS) is 2. The van der Waals surface area contributed by atoms with Crippen molar-refractivity contribution in [3.8, 4) is 5.75 Å². The van der Waals surface area contributed by atoms with E-state index in [0.29, 0.717) is 11.1 Å². The van der Waals surface area contributed by atoms with E-state index in [1.54, 1.807) is 18.3 Å². The van der Waals surface area contributed by atoms with Crippen LogP contribution in [0, 0.1) is 0 Å². The van der Waals surface area contributed by atoms with E-state index in [2.05, 4.69) is 20.9 Å². The van der Waals surface area contributed by atoms with E-state index in [1.807, 2.05) is 12.1 Å². The van der Waals surface area contributed by atoms with Crippen LogP contribution < -0.4 is 27.4 Å². The van der Waals surface area contributed by atoms with E-state index in [9.17, 15) is 39.0 Å². The van der Waals surface area contributed by atoms with Gasteiger partial charge in [0.1, 0.15) is 23.9 Å². The summed E-state index contributed by atoms with van der Waals surface area (Å²) in [6, 6.07) is 7.26. The Morgan fingerprint density at radius 2 is 1.41 bits per heavy atom. The lowest BCUT2D eigenvalue weighted by atomic mass is 10.0. The Labute approximate surface area is 251 Å². The zero-order chi connectivity index (χ0) is 32.4. The third-order valence-electron chi connectivity index (χ3n) is 6.76. The second kappa shape index (κ2) is 15.2. The molecule has 44 heavy (non-hydrogen) atoms. The number of para-hydroxylation sites is 1. The Morgan fingerprint density at radius 1 is 0.795 bits per heavy atom. The van der Waals surface area contributed by atoms with E-state index in [4.69, 9.17) is 16.6 Å². The van der Waals surface area contributed by atoms with Crippen LogP contribution in [0.5, 0.6) is 5.75 Å². The number of carbonyl (C=O) groups excluding carboxylic acids is 4. The predicted octanol–water partition coefficient (Wildman–Crippen LogP) is -0.735. The van der Waals surface area contributed by atoms with Gasteiger partial charge in [0.05, 0.1) is 12.5 Å². The summed E-state index contributed by atoms with van der Waals surface area (Å²) in [6.45, 7) is 0. The molecule has 0 spiro atoms. The van der Waals surface area contributed by atoms with Crippen LogP contribution in [0.2, 0.25) is 0 Å². The van der Waals surface area contributed by atoms with Gasteiger partial charge in [0, 0.05) is 36.4 Å². The van der Waals surface area contributed by atoms with Gasteiger partial charge in [-0.05, 0) is 35.7 Å². The molecule has 234 valence electrons. The number of H-pyrrole nitrogens is 1. The Balaban J connectivity index is 1.84. The second-order valence-electron chi connectivity index (χ2n) is 10.2. The first-order valence-electron chi connectivity index (χ1n) is 13.6. The fourth-order valence-corrected chi connectivity index (χ4v) is 4.47. The Morgan fingerprint density at radius 3 is 2.05 bits per heavy atom. The zero-order valence-electron chi connectivity index (χ0n) is 23.5. The van der Waals surface area contributed by atoms with Gasteiger partial charge in [-0.2, -0.15) is 0 Å². The lowest BCUT2D eigenvalue weighted by molar-refractivity contribution is -0.142. The van der Waals surface area contributed by atoms with E-state index < -0.39 is 72.6 Å². The molecule has 3 aromatic rings. The number of fused-ring (bicyclic) bond motifs is 1. The number of phenols is 1. The van der Waals surface area contributed by atoms with Crippen molar-refractivity contribution in [1.29, 1.82) is 0 Å². The molecule has 0 radical (unpaired) electrons. The highest BCUT2D eigenvalue weighted by atomic mass is 16.4. The topological polar surface area (TPSA) is 267 Å². The van der Waals surface area contributed by atoms with Gasteiger partial charge in [-0.15, -0.1) is 0 Å². The van der Waals surface area contributed by atoms with Gasteiger partial charge in [-0.25, -0.2) is 4.79 Å². The van der Waals surface area contributed by atoms with Crippen molar-refractivity contribution in [3.05, 3.63) is 65.9 Å². The van der Waals surface area contributed by atoms with Crippen LogP contribution in [0.4, 0.5) is 0 Å². The molecule has 1 heterocycles. The monoisotopic (exact) mass is 610 g/mol. The molecule has 15 nitrogen and oxygen atoms in total. The molecule has 0 aliphatic heterocycles. The molecular weight excluding hydrogens is 576 g/mol. The summed E-state index contributed by atoms with van der Waals surface area (Å²) in [5.41, 5.74) is 12.6. The Bertz CT molecular complexity index is 1520. The number of carbonyl (C=O) groups is 6. The lowest BCUT2D eigenvalue weighted by Crippen LogP contribution is -2.58. The molecule has 0 saturated heterocycles. The highest BCUT2D eigenvalue weighted by molar-refractivity contribution is 5.95. The minimum Gasteiger partial charge on any atom is -0.508 e. The first-order valence-corrected chi connectivity index (χ1v) is 13.6. The standard InChI is InChI=1S/C29H34N6O9/c30-19(13-24(31)37)26(40)33-21(9-10-25(38)39)27(41)34-22(11-15-5-7-17(36)8-6-15)28(42)35-23(29(43)44)12-16-14-32-20-4-2-1-3-18(16)20/h1-8,14,19,21-23,32,36H,9-13,30H2,(H2,31,37)(H,33,40)(H,34,41)(H,35,42)(H,38,39)(H,43,44). The molecule has 1 aromatic heterocycles. The average molecular weight is 611 g/mol. The fraction of sp³-hybridized carbons (Fsp3) is 0.310. The molecule has 0 bridgehead atoms. The van der Waals surface area contributed by atoms with Crippen molar-refractivity contribution in [2.24, 2.45) is 11.5 Å². The number of aromatic amines is 1. The largest absolute Gasteiger partial charge is 0.508 e. The summed E-state index contributed by atoms with van der Waals surface area (Å²) in [4.78, 5) is 76.9.